The van der Waals surface area contributed by atoms with Crippen molar-refractivity contribution in [2.45, 2.75) is 18.9 Å². The molecule has 3 rings (SSSR count). The van der Waals surface area contributed by atoms with Crippen LogP contribution in [0.4, 0.5) is 13.2 Å². The van der Waals surface area contributed by atoms with Crippen molar-refractivity contribution in [3.8, 4) is 17.0 Å². The number of hydrogen-bond donors (Lipinski definition) is 0. The molecule has 0 N–H and O–H groups in total. The average Bonchev–Trinajstić information content (AvgIpc) is 2.59. The van der Waals surface area contributed by atoms with Crippen molar-refractivity contribution in [3.63, 3.8) is 0 Å². The molecule has 1 aliphatic heterocycles. The van der Waals surface area contributed by atoms with Gasteiger partial charge in [-0.15, -0.1) is 0 Å². The molecule has 0 radical (unpaired) electrons. The number of hydrogen-bond acceptors (Lipinski definition) is 4. The van der Waals surface area contributed by atoms with Crippen LogP contribution in [0.15, 0.2) is 24.3 Å². The Morgan fingerprint density at radius 2 is 2.12 bits per heavy atom. The SMILES string of the molecule is COC(=O)c1cc(-c2ccc(F)cc2F)c2c(n1)O[C@@H](CF)CC2. The predicted molar refractivity (Wildman–Crippen MR) is 79.6 cm³/mol. The van der Waals surface area contributed by atoms with Crippen molar-refractivity contribution in [2.24, 2.45) is 0 Å². The molecule has 1 aromatic heterocycles. The molecule has 0 amide bonds. The molecular weight excluding hydrogens is 323 g/mol. The molecule has 1 aliphatic rings. The minimum atomic E-state index is -0.771. The van der Waals surface area contributed by atoms with Gasteiger partial charge in [-0.25, -0.2) is 22.9 Å². The quantitative estimate of drug-likeness (QED) is 0.805. The number of esters is 1. The zero-order valence-corrected chi connectivity index (χ0v) is 12.8. The summed E-state index contributed by atoms with van der Waals surface area (Å²) < 4.78 is 50.3. The number of ether oxygens (including phenoxy) is 2. The number of carbonyl (C=O) groups is 1. The number of fused-ring (bicyclic) bond motifs is 1. The van der Waals surface area contributed by atoms with Crippen LogP contribution in [-0.2, 0) is 11.2 Å². The van der Waals surface area contributed by atoms with Crippen molar-refractivity contribution in [3.05, 3.63) is 47.2 Å². The largest absolute Gasteiger partial charge is 0.471 e. The second kappa shape index (κ2) is 6.51. The molecule has 2 heterocycles. The normalized spacial score (nSPS) is 16.2. The Labute approximate surface area is 136 Å². The minimum Gasteiger partial charge on any atom is -0.471 e. The van der Waals surface area contributed by atoms with Gasteiger partial charge >= 0.3 is 5.97 Å². The Hall–Kier alpha value is -2.57. The van der Waals surface area contributed by atoms with Crippen LogP contribution in [0.25, 0.3) is 11.1 Å². The average molecular weight is 337 g/mol. The maximum absolute atomic E-state index is 14.2. The molecule has 7 heteroatoms. The van der Waals surface area contributed by atoms with Gasteiger partial charge in [0.05, 0.1) is 7.11 Å². The summed E-state index contributed by atoms with van der Waals surface area (Å²) in [5.41, 5.74) is 0.935. The standard InChI is InChI=1S/C17H14F3NO3/c1-23-17(22)15-7-13(11-4-2-9(19)6-14(11)20)12-5-3-10(8-18)24-16(12)21-15/h2,4,6-7,10H,3,5,8H2,1H3/t10-/m1/s1. The summed E-state index contributed by atoms with van der Waals surface area (Å²) in [5.74, 6) is -2.13. The Morgan fingerprint density at radius 3 is 2.79 bits per heavy atom. The van der Waals surface area contributed by atoms with Gasteiger partial charge < -0.3 is 9.47 Å². The number of halogens is 3. The first kappa shape index (κ1) is 16.3. The number of benzene rings is 1. The maximum Gasteiger partial charge on any atom is 0.356 e. The first-order valence-electron chi connectivity index (χ1n) is 7.33. The fourth-order valence-electron chi connectivity index (χ4n) is 2.68. The van der Waals surface area contributed by atoms with Crippen LogP contribution in [0.1, 0.15) is 22.5 Å². The summed E-state index contributed by atoms with van der Waals surface area (Å²) in [4.78, 5) is 15.9. The highest BCUT2D eigenvalue weighted by Crippen LogP contribution is 2.36. The molecule has 1 aromatic carbocycles. The van der Waals surface area contributed by atoms with Crippen LogP contribution in [0.5, 0.6) is 5.88 Å². The molecule has 0 unspecified atom stereocenters. The highest BCUT2D eigenvalue weighted by Gasteiger charge is 2.27. The fraction of sp³-hybridized carbons (Fsp3) is 0.294. The first-order chi connectivity index (χ1) is 11.5. The molecule has 4 nitrogen and oxygen atoms in total. The number of rotatable bonds is 3. The van der Waals surface area contributed by atoms with Crippen LogP contribution >= 0.6 is 0 Å². The van der Waals surface area contributed by atoms with Crippen LogP contribution in [0.3, 0.4) is 0 Å². The first-order valence-corrected chi connectivity index (χ1v) is 7.33. The highest BCUT2D eigenvalue weighted by atomic mass is 19.1. The lowest BCUT2D eigenvalue weighted by Crippen LogP contribution is -2.26. The smallest absolute Gasteiger partial charge is 0.356 e. The van der Waals surface area contributed by atoms with E-state index in [1.165, 1.54) is 19.2 Å². The van der Waals surface area contributed by atoms with E-state index in [4.69, 9.17) is 4.74 Å². The molecule has 0 fully saturated rings. The molecule has 126 valence electrons. The van der Waals surface area contributed by atoms with E-state index in [1.807, 2.05) is 0 Å². The highest BCUT2D eigenvalue weighted by molar-refractivity contribution is 5.90. The number of aromatic nitrogens is 1. The molecule has 0 bridgehead atoms. The third-order valence-electron chi connectivity index (χ3n) is 3.87. The van der Waals surface area contributed by atoms with Gasteiger partial charge in [0.25, 0.3) is 0 Å². The Kier molecular flexibility index (Phi) is 4.42. The Morgan fingerprint density at radius 1 is 1.33 bits per heavy atom. The Bertz CT molecular complexity index is 795. The number of alkyl halides is 1. The van der Waals surface area contributed by atoms with Gasteiger partial charge in [-0.2, -0.15) is 0 Å². The van der Waals surface area contributed by atoms with Crippen molar-refractivity contribution < 1.29 is 27.4 Å². The second-order valence-corrected chi connectivity index (χ2v) is 5.39. The van der Waals surface area contributed by atoms with Crippen molar-refractivity contribution in [1.29, 1.82) is 0 Å². The van der Waals surface area contributed by atoms with Crippen LogP contribution in [0, 0.1) is 11.6 Å². The van der Waals surface area contributed by atoms with Crippen LogP contribution in [-0.4, -0.2) is 30.8 Å². The van der Waals surface area contributed by atoms with Gasteiger partial charge in [0.15, 0.2) is 5.69 Å². The Balaban J connectivity index is 2.18. The monoisotopic (exact) mass is 337 g/mol. The van der Waals surface area contributed by atoms with Crippen molar-refractivity contribution >= 4 is 5.97 Å². The number of carbonyl (C=O) groups excluding carboxylic acids is 1. The lowest BCUT2D eigenvalue weighted by molar-refractivity contribution is 0.0590. The van der Waals surface area contributed by atoms with E-state index in [0.717, 1.165) is 12.1 Å². The van der Waals surface area contributed by atoms with Crippen LogP contribution < -0.4 is 4.74 Å². The summed E-state index contributed by atoms with van der Waals surface area (Å²) >= 11 is 0. The summed E-state index contributed by atoms with van der Waals surface area (Å²) in [6.45, 7) is -0.691. The molecular formula is C17H14F3NO3. The van der Waals surface area contributed by atoms with Gasteiger partial charge in [-0.3, -0.25) is 0 Å². The zero-order chi connectivity index (χ0) is 17.3. The molecule has 0 saturated carbocycles. The van der Waals surface area contributed by atoms with Gasteiger partial charge in [0, 0.05) is 17.2 Å². The summed E-state index contributed by atoms with van der Waals surface area (Å²) in [6.07, 6.45) is 0.145. The molecule has 2 aromatic rings. The molecule has 0 spiro atoms. The number of methoxy groups -OCH3 is 1. The van der Waals surface area contributed by atoms with E-state index in [0.29, 0.717) is 24.0 Å². The van der Waals surface area contributed by atoms with E-state index >= 15 is 0 Å². The van der Waals surface area contributed by atoms with E-state index in [1.54, 1.807) is 0 Å². The van der Waals surface area contributed by atoms with Gasteiger partial charge in [0.2, 0.25) is 5.88 Å². The third-order valence-corrected chi connectivity index (χ3v) is 3.87. The van der Waals surface area contributed by atoms with Gasteiger partial charge in [-0.1, -0.05) is 0 Å². The third kappa shape index (κ3) is 2.93. The van der Waals surface area contributed by atoms with Crippen LogP contribution in [0.2, 0.25) is 0 Å². The fourth-order valence-corrected chi connectivity index (χ4v) is 2.68. The lowest BCUT2D eigenvalue weighted by atomic mass is 9.94. The van der Waals surface area contributed by atoms with Gasteiger partial charge in [-0.05, 0) is 36.6 Å². The summed E-state index contributed by atoms with van der Waals surface area (Å²) in [6, 6.07) is 4.54. The minimum absolute atomic E-state index is 0.0746. The number of nitrogens with zero attached hydrogens (tertiary/aromatic N) is 1. The summed E-state index contributed by atoms with van der Waals surface area (Å²) in [7, 11) is 1.19. The zero-order valence-electron chi connectivity index (χ0n) is 12.8. The molecule has 1 atom stereocenters. The maximum atomic E-state index is 14.2. The van der Waals surface area contributed by atoms with E-state index in [9.17, 15) is 18.0 Å². The van der Waals surface area contributed by atoms with E-state index in [-0.39, 0.29) is 17.1 Å². The topological polar surface area (TPSA) is 48.4 Å². The van der Waals surface area contributed by atoms with E-state index < -0.39 is 30.4 Å². The molecule has 0 saturated heterocycles. The summed E-state index contributed by atoms with van der Waals surface area (Å²) in [5, 5.41) is 0. The van der Waals surface area contributed by atoms with Crippen molar-refractivity contribution in [1.82, 2.24) is 4.98 Å². The predicted octanol–water partition coefficient (Wildman–Crippen LogP) is 3.48. The second-order valence-electron chi connectivity index (χ2n) is 5.39. The molecule has 0 aliphatic carbocycles. The lowest BCUT2D eigenvalue weighted by Gasteiger charge is -2.25. The number of pyridine rings is 1. The van der Waals surface area contributed by atoms with E-state index in [2.05, 4.69) is 9.72 Å². The van der Waals surface area contributed by atoms with Gasteiger partial charge in [0.1, 0.15) is 24.4 Å². The molecule has 24 heavy (non-hydrogen) atoms. The van der Waals surface area contributed by atoms with Crippen molar-refractivity contribution in [2.75, 3.05) is 13.8 Å².